The molecule has 3 aliphatic rings. The molecule has 210 valence electrons. The molecule has 0 aromatic rings. The first-order valence-electron chi connectivity index (χ1n) is 16.8. The summed E-state index contributed by atoms with van der Waals surface area (Å²) in [5.41, 5.74) is 0.0265. The molecule has 0 N–H and O–H groups in total. The lowest BCUT2D eigenvalue weighted by atomic mass is 9.49. The summed E-state index contributed by atoms with van der Waals surface area (Å²) in [6, 6.07) is 0. The maximum atomic E-state index is 14.0. The van der Waals surface area contributed by atoms with Crippen LogP contribution in [0.15, 0.2) is 0 Å². The normalized spacial score (nSPS) is 27.1. The van der Waals surface area contributed by atoms with Gasteiger partial charge in [0, 0.05) is 0 Å². The van der Waals surface area contributed by atoms with E-state index in [9.17, 15) is 4.79 Å². The lowest BCUT2D eigenvalue weighted by Crippen LogP contribution is -2.52. The third kappa shape index (κ3) is 8.23. The number of rotatable bonds is 16. The van der Waals surface area contributed by atoms with Crippen LogP contribution in [0.2, 0.25) is 0 Å². The Hall–Kier alpha value is -0.530. The van der Waals surface area contributed by atoms with Crippen LogP contribution in [0.1, 0.15) is 181 Å². The Balaban J connectivity index is 1.67. The van der Waals surface area contributed by atoms with Gasteiger partial charge in [0.25, 0.3) is 0 Å². The van der Waals surface area contributed by atoms with Crippen molar-refractivity contribution >= 4 is 5.97 Å². The smallest absolute Gasteiger partial charge is 0.312 e. The zero-order valence-electron chi connectivity index (χ0n) is 24.6. The lowest BCUT2D eigenvalue weighted by molar-refractivity contribution is -0.175. The highest BCUT2D eigenvalue weighted by Crippen LogP contribution is 2.61. The first-order chi connectivity index (χ1) is 17.7. The molecule has 3 rings (SSSR count). The summed E-state index contributed by atoms with van der Waals surface area (Å²) < 4.78 is 6.15. The van der Waals surface area contributed by atoms with E-state index in [1.807, 2.05) is 0 Å². The summed E-state index contributed by atoms with van der Waals surface area (Å²) in [5, 5.41) is 0. The summed E-state index contributed by atoms with van der Waals surface area (Å²) in [6.07, 6.45) is 34.4. The summed E-state index contributed by atoms with van der Waals surface area (Å²) in [6.45, 7) is 5.18. The van der Waals surface area contributed by atoms with Gasteiger partial charge in [0.15, 0.2) is 0 Å². The average molecular weight is 503 g/mol. The molecule has 36 heavy (non-hydrogen) atoms. The molecule has 0 aromatic carbocycles. The van der Waals surface area contributed by atoms with Gasteiger partial charge < -0.3 is 4.74 Å². The van der Waals surface area contributed by atoms with Crippen molar-refractivity contribution in [2.24, 2.45) is 22.7 Å². The highest BCUT2D eigenvalue weighted by Gasteiger charge is 2.57. The molecule has 0 heterocycles. The second-order valence-corrected chi connectivity index (χ2v) is 13.2. The van der Waals surface area contributed by atoms with E-state index in [0.717, 1.165) is 31.1 Å². The molecule has 0 aliphatic heterocycles. The van der Waals surface area contributed by atoms with Gasteiger partial charge in [-0.3, -0.25) is 4.79 Å². The largest absolute Gasteiger partial charge is 0.465 e. The Morgan fingerprint density at radius 2 is 1.14 bits per heavy atom. The minimum Gasteiger partial charge on any atom is -0.465 e. The van der Waals surface area contributed by atoms with E-state index in [1.54, 1.807) is 0 Å². The van der Waals surface area contributed by atoms with E-state index in [2.05, 4.69) is 13.8 Å². The van der Waals surface area contributed by atoms with Crippen molar-refractivity contribution in [1.82, 2.24) is 0 Å². The van der Waals surface area contributed by atoms with Gasteiger partial charge in [-0.15, -0.1) is 0 Å². The maximum absolute atomic E-state index is 14.0. The molecule has 0 radical (unpaired) electrons. The summed E-state index contributed by atoms with van der Waals surface area (Å²) in [5.74, 6) is 2.12. The number of hydrogen-bond acceptors (Lipinski definition) is 2. The first kappa shape index (κ1) is 30.0. The molecule has 0 aromatic heterocycles. The Bertz CT molecular complexity index is 576. The van der Waals surface area contributed by atoms with Crippen molar-refractivity contribution in [2.45, 2.75) is 181 Å². The van der Waals surface area contributed by atoms with E-state index in [1.165, 1.54) is 148 Å². The molecule has 0 bridgehead atoms. The molecule has 3 aliphatic carbocycles. The van der Waals surface area contributed by atoms with E-state index < -0.39 is 0 Å². The fourth-order valence-electron chi connectivity index (χ4n) is 8.60. The quantitative estimate of drug-likeness (QED) is 0.155. The van der Waals surface area contributed by atoms with Crippen LogP contribution >= 0.6 is 0 Å². The van der Waals surface area contributed by atoms with Crippen molar-refractivity contribution < 1.29 is 9.53 Å². The number of carbonyl (C=O) groups excluding carboxylic acids is 1. The van der Waals surface area contributed by atoms with Gasteiger partial charge in [-0.1, -0.05) is 129 Å². The van der Waals surface area contributed by atoms with Crippen LogP contribution < -0.4 is 0 Å². The highest BCUT2D eigenvalue weighted by atomic mass is 16.5. The SMILES string of the molecule is CCCCCCCCCCC1(C2(C(=O)OCCCCC)CCCCC2)CCC(C2CCCCC2)CC1. The Labute approximate surface area is 225 Å². The molecule has 0 saturated heterocycles. The molecule has 0 atom stereocenters. The standard InChI is InChI=1S/C34H62O2/c1-3-5-7-8-9-10-11-16-24-33(27-22-31(23-28-33)30-20-14-12-15-21-30)34(25-17-13-18-26-34)32(35)36-29-19-6-4-2/h30-31H,3-29H2,1-2H3. The van der Waals surface area contributed by atoms with Gasteiger partial charge in [-0.25, -0.2) is 0 Å². The van der Waals surface area contributed by atoms with Crippen molar-refractivity contribution in [3.63, 3.8) is 0 Å². The molecule has 0 spiro atoms. The van der Waals surface area contributed by atoms with E-state index >= 15 is 0 Å². The van der Waals surface area contributed by atoms with Crippen molar-refractivity contribution in [1.29, 1.82) is 0 Å². The molecule has 2 nitrogen and oxygen atoms in total. The van der Waals surface area contributed by atoms with Crippen LogP contribution in [0.5, 0.6) is 0 Å². The van der Waals surface area contributed by atoms with Gasteiger partial charge in [0.1, 0.15) is 0 Å². The average Bonchev–Trinajstić information content (AvgIpc) is 2.93. The van der Waals surface area contributed by atoms with Gasteiger partial charge in [0.2, 0.25) is 0 Å². The minimum absolute atomic E-state index is 0.184. The van der Waals surface area contributed by atoms with Gasteiger partial charge in [-0.05, 0) is 68.6 Å². The van der Waals surface area contributed by atoms with E-state index in [0.29, 0.717) is 6.61 Å². The van der Waals surface area contributed by atoms with Crippen molar-refractivity contribution in [2.75, 3.05) is 6.61 Å². The van der Waals surface area contributed by atoms with E-state index in [4.69, 9.17) is 4.74 Å². The number of esters is 1. The molecule has 3 fully saturated rings. The number of hydrogen-bond donors (Lipinski definition) is 0. The van der Waals surface area contributed by atoms with Crippen LogP contribution in [0, 0.1) is 22.7 Å². The third-order valence-electron chi connectivity index (χ3n) is 10.9. The van der Waals surface area contributed by atoms with Crippen LogP contribution in [0.4, 0.5) is 0 Å². The van der Waals surface area contributed by atoms with Crippen molar-refractivity contribution in [3.8, 4) is 0 Å². The Kier molecular flexibility index (Phi) is 13.7. The lowest BCUT2D eigenvalue weighted by Gasteiger charge is -2.55. The maximum Gasteiger partial charge on any atom is 0.312 e. The summed E-state index contributed by atoms with van der Waals surface area (Å²) in [7, 11) is 0. The monoisotopic (exact) mass is 502 g/mol. The predicted octanol–water partition coefficient (Wildman–Crippen LogP) is 11.0. The van der Waals surface area contributed by atoms with Crippen LogP contribution in [0.25, 0.3) is 0 Å². The Morgan fingerprint density at radius 1 is 0.611 bits per heavy atom. The molecular weight excluding hydrogens is 440 g/mol. The van der Waals surface area contributed by atoms with Gasteiger partial charge in [0.05, 0.1) is 12.0 Å². The van der Waals surface area contributed by atoms with Gasteiger partial charge in [-0.2, -0.15) is 0 Å². The summed E-state index contributed by atoms with van der Waals surface area (Å²) in [4.78, 5) is 14.0. The van der Waals surface area contributed by atoms with Crippen LogP contribution in [0.3, 0.4) is 0 Å². The Morgan fingerprint density at radius 3 is 1.78 bits per heavy atom. The summed E-state index contributed by atoms with van der Waals surface area (Å²) >= 11 is 0. The molecule has 3 saturated carbocycles. The molecular formula is C34H62O2. The number of unbranched alkanes of at least 4 members (excludes halogenated alkanes) is 9. The van der Waals surface area contributed by atoms with Gasteiger partial charge >= 0.3 is 5.97 Å². The fourth-order valence-corrected chi connectivity index (χ4v) is 8.60. The van der Waals surface area contributed by atoms with Crippen LogP contribution in [-0.4, -0.2) is 12.6 Å². The predicted molar refractivity (Wildman–Crippen MR) is 154 cm³/mol. The topological polar surface area (TPSA) is 26.3 Å². The molecule has 0 unspecified atom stereocenters. The zero-order chi connectivity index (χ0) is 25.5. The second-order valence-electron chi connectivity index (χ2n) is 13.2. The first-order valence-corrected chi connectivity index (χ1v) is 16.8. The fraction of sp³-hybridized carbons (Fsp3) is 0.971. The number of ether oxygens (including phenoxy) is 1. The minimum atomic E-state index is -0.184. The second kappa shape index (κ2) is 16.4. The molecule has 2 heteroatoms. The molecule has 0 amide bonds. The highest BCUT2D eigenvalue weighted by molar-refractivity contribution is 5.78. The third-order valence-corrected chi connectivity index (χ3v) is 10.9. The van der Waals surface area contributed by atoms with E-state index in [-0.39, 0.29) is 16.8 Å². The van der Waals surface area contributed by atoms with Crippen LogP contribution in [-0.2, 0) is 9.53 Å². The zero-order valence-corrected chi connectivity index (χ0v) is 24.6. The number of carbonyl (C=O) groups is 1. The van der Waals surface area contributed by atoms with Crippen molar-refractivity contribution in [3.05, 3.63) is 0 Å².